The van der Waals surface area contributed by atoms with Crippen molar-refractivity contribution in [3.05, 3.63) is 57.6 Å². The number of fused-ring (bicyclic) bond motifs is 1. The van der Waals surface area contributed by atoms with Crippen LogP contribution in [0.25, 0.3) is 10.1 Å². The number of thiophene rings is 2. The van der Waals surface area contributed by atoms with E-state index in [1.54, 1.807) is 22.7 Å². The van der Waals surface area contributed by atoms with E-state index in [0.29, 0.717) is 0 Å². The molecule has 0 amide bonds. The van der Waals surface area contributed by atoms with Gasteiger partial charge in [-0.3, -0.25) is 9.69 Å². The Bertz CT molecular complexity index is 792. The van der Waals surface area contributed by atoms with Crippen molar-refractivity contribution in [1.82, 2.24) is 4.90 Å². The minimum Gasteiger partial charge on any atom is -0.480 e. The molecule has 0 saturated carbocycles. The fraction of sp³-hybridized carbons (Fsp3) is 0.278. The summed E-state index contributed by atoms with van der Waals surface area (Å²) >= 11 is 3.48. The summed E-state index contributed by atoms with van der Waals surface area (Å²) in [7, 11) is 0. The fourth-order valence-corrected chi connectivity index (χ4v) is 5.56. The zero-order valence-corrected chi connectivity index (χ0v) is 14.1. The first-order valence-corrected chi connectivity index (χ1v) is 9.44. The smallest absolute Gasteiger partial charge is 0.320 e. The molecule has 1 N–H and O–H groups in total. The Labute approximate surface area is 142 Å². The molecule has 2 aromatic heterocycles. The highest BCUT2D eigenvalue weighted by Gasteiger charge is 2.37. The molecule has 0 bridgehead atoms. The van der Waals surface area contributed by atoms with E-state index in [2.05, 4.69) is 46.7 Å². The number of carboxylic acid groups (broad SMARTS) is 1. The van der Waals surface area contributed by atoms with E-state index < -0.39 is 5.97 Å². The van der Waals surface area contributed by atoms with Crippen LogP contribution in [0.5, 0.6) is 0 Å². The molecule has 1 saturated heterocycles. The minimum absolute atomic E-state index is 0.0519. The van der Waals surface area contributed by atoms with Crippen molar-refractivity contribution < 1.29 is 9.90 Å². The topological polar surface area (TPSA) is 40.5 Å². The second kappa shape index (κ2) is 6.07. The Morgan fingerprint density at radius 1 is 1.22 bits per heavy atom. The van der Waals surface area contributed by atoms with E-state index in [4.69, 9.17) is 0 Å². The van der Waals surface area contributed by atoms with Gasteiger partial charge in [0, 0.05) is 21.0 Å². The highest BCUT2D eigenvalue weighted by atomic mass is 32.1. The number of rotatable bonds is 4. The van der Waals surface area contributed by atoms with Crippen LogP contribution in [0.4, 0.5) is 0 Å². The summed E-state index contributed by atoms with van der Waals surface area (Å²) in [6.45, 7) is 0.841. The number of likely N-dealkylation sites (tertiary alicyclic amines) is 1. The maximum atomic E-state index is 11.7. The highest BCUT2D eigenvalue weighted by Crippen LogP contribution is 2.41. The van der Waals surface area contributed by atoms with Gasteiger partial charge in [0.15, 0.2) is 0 Å². The van der Waals surface area contributed by atoms with E-state index in [0.717, 1.165) is 19.4 Å². The van der Waals surface area contributed by atoms with E-state index >= 15 is 0 Å². The Morgan fingerprint density at radius 2 is 2.09 bits per heavy atom. The van der Waals surface area contributed by atoms with Crippen molar-refractivity contribution in [2.75, 3.05) is 6.54 Å². The summed E-state index contributed by atoms with van der Waals surface area (Å²) in [5.41, 5.74) is 0. The first kappa shape index (κ1) is 14.9. The summed E-state index contributed by atoms with van der Waals surface area (Å²) in [6.07, 6.45) is 1.69. The summed E-state index contributed by atoms with van der Waals surface area (Å²) < 4.78 is 1.26. The molecule has 3 heterocycles. The molecule has 2 unspecified atom stereocenters. The molecule has 3 aromatic rings. The van der Waals surface area contributed by atoms with Crippen LogP contribution in [-0.2, 0) is 4.79 Å². The van der Waals surface area contributed by atoms with Crippen LogP contribution in [0.3, 0.4) is 0 Å². The average Bonchev–Trinajstić information content (AvgIpc) is 3.28. The summed E-state index contributed by atoms with van der Waals surface area (Å²) in [5.74, 6) is -0.704. The second-order valence-corrected chi connectivity index (χ2v) is 7.93. The van der Waals surface area contributed by atoms with Crippen molar-refractivity contribution in [3.8, 4) is 0 Å². The molecule has 3 nitrogen and oxygen atoms in total. The lowest BCUT2D eigenvalue weighted by Crippen LogP contribution is -2.38. The van der Waals surface area contributed by atoms with E-state index in [1.807, 2.05) is 6.07 Å². The molecule has 5 heteroatoms. The highest BCUT2D eigenvalue weighted by molar-refractivity contribution is 7.19. The van der Waals surface area contributed by atoms with Crippen LogP contribution in [0.2, 0.25) is 0 Å². The predicted octanol–water partition coefficient (Wildman–Crippen LogP) is 4.60. The molecular weight excluding hydrogens is 326 g/mol. The van der Waals surface area contributed by atoms with Gasteiger partial charge in [0.1, 0.15) is 6.04 Å². The lowest BCUT2D eigenvalue weighted by molar-refractivity contribution is -0.142. The van der Waals surface area contributed by atoms with Gasteiger partial charge < -0.3 is 5.11 Å². The molecule has 1 aliphatic rings. The molecule has 1 aromatic carbocycles. The van der Waals surface area contributed by atoms with Gasteiger partial charge in [-0.15, -0.1) is 22.7 Å². The summed E-state index contributed by atoms with van der Waals surface area (Å²) in [6, 6.07) is 14.4. The van der Waals surface area contributed by atoms with Crippen LogP contribution in [-0.4, -0.2) is 28.6 Å². The standard InChI is InChI=1S/C18H17NO2S2/c20-18(21)13-6-3-9-19(13)17(15-8-4-10-22-15)16-11-12-5-1-2-7-14(12)23-16/h1-2,4-5,7-8,10-11,13,17H,3,6,9H2,(H,20,21). The van der Waals surface area contributed by atoms with Gasteiger partial charge >= 0.3 is 5.97 Å². The molecule has 1 fully saturated rings. The number of hydrogen-bond acceptors (Lipinski definition) is 4. The molecule has 1 aliphatic heterocycles. The van der Waals surface area contributed by atoms with Crippen LogP contribution in [0, 0.1) is 0 Å². The van der Waals surface area contributed by atoms with Gasteiger partial charge in [-0.05, 0) is 41.8 Å². The Balaban J connectivity index is 1.81. The maximum Gasteiger partial charge on any atom is 0.320 e. The van der Waals surface area contributed by atoms with E-state index in [1.165, 1.54) is 19.8 Å². The monoisotopic (exact) mass is 343 g/mol. The van der Waals surface area contributed by atoms with Crippen molar-refractivity contribution in [2.24, 2.45) is 0 Å². The third-order valence-corrected chi connectivity index (χ3v) is 6.53. The third kappa shape index (κ3) is 2.69. The number of benzene rings is 1. The second-order valence-electron chi connectivity index (χ2n) is 5.84. The van der Waals surface area contributed by atoms with E-state index in [-0.39, 0.29) is 12.1 Å². The van der Waals surface area contributed by atoms with Gasteiger partial charge in [0.25, 0.3) is 0 Å². The molecule has 118 valence electrons. The molecule has 23 heavy (non-hydrogen) atoms. The first-order chi connectivity index (χ1) is 11.2. The maximum absolute atomic E-state index is 11.7. The molecule has 0 radical (unpaired) electrons. The van der Waals surface area contributed by atoms with Crippen molar-refractivity contribution in [3.63, 3.8) is 0 Å². The van der Waals surface area contributed by atoms with Crippen LogP contribution < -0.4 is 0 Å². The zero-order valence-electron chi connectivity index (χ0n) is 12.5. The zero-order chi connectivity index (χ0) is 15.8. The van der Waals surface area contributed by atoms with Crippen molar-refractivity contribution in [1.29, 1.82) is 0 Å². The first-order valence-electron chi connectivity index (χ1n) is 7.74. The van der Waals surface area contributed by atoms with Crippen molar-refractivity contribution >= 4 is 38.7 Å². The van der Waals surface area contributed by atoms with Gasteiger partial charge in [-0.2, -0.15) is 0 Å². The van der Waals surface area contributed by atoms with Crippen molar-refractivity contribution in [2.45, 2.75) is 24.9 Å². The third-order valence-electron chi connectivity index (χ3n) is 4.44. The molecule has 0 aliphatic carbocycles. The average molecular weight is 343 g/mol. The van der Waals surface area contributed by atoms with Crippen LogP contribution in [0.1, 0.15) is 28.6 Å². The van der Waals surface area contributed by atoms with Gasteiger partial charge in [0.05, 0.1) is 6.04 Å². The van der Waals surface area contributed by atoms with Gasteiger partial charge in [0.2, 0.25) is 0 Å². The Hall–Kier alpha value is -1.69. The summed E-state index contributed by atoms with van der Waals surface area (Å²) in [5, 5.41) is 12.9. The minimum atomic E-state index is -0.704. The largest absolute Gasteiger partial charge is 0.480 e. The number of carboxylic acids is 1. The predicted molar refractivity (Wildman–Crippen MR) is 95.4 cm³/mol. The Morgan fingerprint density at radius 3 is 2.83 bits per heavy atom. The Kier molecular flexibility index (Phi) is 3.93. The summed E-state index contributed by atoms with van der Waals surface area (Å²) in [4.78, 5) is 16.3. The quantitative estimate of drug-likeness (QED) is 0.752. The number of nitrogens with zero attached hydrogens (tertiary/aromatic N) is 1. The normalized spacial score (nSPS) is 20.1. The molecule has 4 rings (SSSR count). The lowest BCUT2D eigenvalue weighted by Gasteiger charge is -2.29. The number of carbonyl (C=O) groups is 1. The molecule has 2 atom stereocenters. The lowest BCUT2D eigenvalue weighted by atomic mass is 10.1. The van der Waals surface area contributed by atoms with Gasteiger partial charge in [-0.25, -0.2) is 0 Å². The molecular formula is C18H17NO2S2. The van der Waals surface area contributed by atoms with Crippen LogP contribution >= 0.6 is 22.7 Å². The molecule has 0 spiro atoms. The fourth-order valence-electron chi connectivity index (χ4n) is 3.41. The van der Waals surface area contributed by atoms with Crippen LogP contribution in [0.15, 0.2) is 47.8 Å². The van der Waals surface area contributed by atoms with E-state index in [9.17, 15) is 9.90 Å². The number of aliphatic carboxylic acids is 1. The van der Waals surface area contributed by atoms with Gasteiger partial charge in [-0.1, -0.05) is 24.3 Å². The SMILES string of the molecule is O=C(O)C1CCCN1C(c1cccs1)c1cc2ccccc2s1. The number of hydrogen-bond donors (Lipinski definition) is 1.